The lowest BCUT2D eigenvalue weighted by molar-refractivity contribution is 0.175. The molecule has 1 aromatic carbocycles. The molecule has 1 N–H and O–H groups in total. The number of hydrogen-bond donors (Lipinski definition) is 1. The van der Waals surface area contributed by atoms with E-state index in [9.17, 15) is 4.79 Å². The third-order valence-electron chi connectivity index (χ3n) is 6.17. The van der Waals surface area contributed by atoms with Crippen LogP contribution in [0.4, 0.5) is 4.79 Å². The van der Waals surface area contributed by atoms with Crippen LogP contribution in [0.2, 0.25) is 0 Å². The van der Waals surface area contributed by atoms with Crippen LogP contribution in [0.5, 0.6) is 0 Å². The van der Waals surface area contributed by atoms with Crippen LogP contribution in [0.1, 0.15) is 43.6 Å². The fourth-order valence-corrected chi connectivity index (χ4v) is 4.49. The first-order valence-electron chi connectivity index (χ1n) is 9.03. The number of likely N-dealkylation sites (N-methyl/N-ethyl adjacent to an activating group) is 1. The predicted molar refractivity (Wildman–Crippen MR) is 91.5 cm³/mol. The Balaban J connectivity index is 1.28. The Hall–Kier alpha value is -1.55. The molecule has 23 heavy (non-hydrogen) atoms. The van der Waals surface area contributed by atoms with E-state index in [0.29, 0.717) is 24.0 Å². The molecule has 1 aromatic rings. The molecule has 0 aromatic heterocycles. The highest BCUT2D eigenvalue weighted by Crippen LogP contribution is 2.37. The van der Waals surface area contributed by atoms with Gasteiger partial charge in [0.1, 0.15) is 0 Å². The molecular formula is C19H27N3O. The Morgan fingerprint density at radius 3 is 2.61 bits per heavy atom. The summed E-state index contributed by atoms with van der Waals surface area (Å²) in [6.07, 6.45) is 5.82. The minimum atomic E-state index is 0.155. The van der Waals surface area contributed by atoms with Crippen LogP contribution in [0.15, 0.2) is 30.3 Å². The zero-order chi connectivity index (χ0) is 15.8. The third-order valence-corrected chi connectivity index (χ3v) is 6.17. The van der Waals surface area contributed by atoms with Gasteiger partial charge in [0.2, 0.25) is 0 Å². The maximum absolute atomic E-state index is 12.6. The van der Waals surface area contributed by atoms with Crippen molar-refractivity contribution in [2.24, 2.45) is 0 Å². The first kappa shape index (κ1) is 15.0. The van der Waals surface area contributed by atoms with E-state index in [2.05, 4.69) is 52.5 Å². The molecule has 1 saturated carbocycles. The van der Waals surface area contributed by atoms with Gasteiger partial charge in [-0.1, -0.05) is 30.3 Å². The quantitative estimate of drug-likeness (QED) is 0.911. The van der Waals surface area contributed by atoms with E-state index in [1.54, 1.807) is 0 Å². The highest BCUT2D eigenvalue weighted by atomic mass is 16.2. The second-order valence-electron chi connectivity index (χ2n) is 7.51. The Kier molecular flexibility index (Phi) is 4.02. The molecule has 2 amide bonds. The van der Waals surface area contributed by atoms with Crippen LogP contribution in [0, 0.1) is 0 Å². The van der Waals surface area contributed by atoms with E-state index in [-0.39, 0.29) is 6.03 Å². The molecule has 2 aliphatic heterocycles. The van der Waals surface area contributed by atoms with Gasteiger partial charge >= 0.3 is 6.03 Å². The normalized spacial score (nSPS) is 33.9. The number of nitrogens with one attached hydrogen (secondary N) is 1. The minimum Gasteiger partial charge on any atom is -0.335 e. The molecule has 2 saturated heterocycles. The maximum atomic E-state index is 12.6. The summed E-state index contributed by atoms with van der Waals surface area (Å²) in [5.74, 6) is 0.618. The molecule has 0 spiro atoms. The van der Waals surface area contributed by atoms with Crippen LogP contribution >= 0.6 is 0 Å². The average molecular weight is 313 g/mol. The van der Waals surface area contributed by atoms with Crippen molar-refractivity contribution in [2.75, 3.05) is 20.1 Å². The van der Waals surface area contributed by atoms with Crippen LogP contribution < -0.4 is 5.32 Å². The summed E-state index contributed by atoms with van der Waals surface area (Å²) >= 11 is 0. The second kappa shape index (κ2) is 6.16. The number of benzene rings is 1. The number of carbonyl (C=O) groups excluding carboxylic acids is 1. The lowest BCUT2D eigenvalue weighted by atomic mass is 9.76. The number of nitrogens with zero attached hydrogens (tertiary/aromatic N) is 2. The van der Waals surface area contributed by atoms with E-state index in [1.165, 1.54) is 18.4 Å². The van der Waals surface area contributed by atoms with Crippen molar-refractivity contribution in [3.63, 3.8) is 0 Å². The third kappa shape index (κ3) is 2.97. The topological polar surface area (TPSA) is 35.6 Å². The summed E-state index contributed by atoms with van der Waals surface area (Å²) in [7, 11) is 2.22. The van der Waals surface area contributed by atoms with Crippen molar-refractivity contribution >= 4 is 6.03 Å². The smallest absolute Gasteiger partial charge is 0.317 e. The lowest BCUT2D eigenvalue weighted by Gasteiger charge is -2.38. The number of rotatable bonds is 2. The largest absolute Gasteiger partial charge is 0.335 e. The van der Waals surface area contributed by atoms with Crippen molar-refractivity contribution in [3.8, 4) is 0 Å². The van der Waals surface area contributed by atoms with Gasteiger partial charge in [-0.25, -0.2) is 4.79 Å². The van der Waals surface area contributed by atoms with Gasteiger partial charge in [-0.15, -0.1) is 0 Å². The fourth-order valence-electron chi connectivity index (χ4n) is 4.49. The highest BCUT2D eigenvalue weighted by molar-refractivity contribution is 5.74. The van der Waals surface area contributed by atoms with Gasteiger partial charge in [0.25, 0.3) is 0 Å². The van der Waals surface area contributed by atoms with Crippen molar-refractivity contribution in [2.45, 2.75) is 56.1 Å². The molecule has 4 nitrogen and oxygen atoms in total. The lowest BCUT2D eigenvalue weighted by Crippen LogP contribution is -2.51. The van der Waals surface area contributed by atoms with Crippen molar-refractivity contribution in [1.82, 2.24) is 15.1 Å². The van der Waals surface area contributed by atoms with Gasteiger partial charge in [-0.3, -0.25) is 4.90 Å². The molecule has 124 valence electrons. The summed E-state index contributed by atoms with van der Waals surface area (Å²) < 4.78 is 0. The Labute approximate surface area is 138 Å². The van der Waals surface area contributed by atoms with Gasteiger partial charge < -0.3 is 10.2 Å². The molecule has 0 radical (unpaired) electrons. The fraction of sp³-hybridized carbons (Fsp3) is 0.632. The zero-order valence-corrected chi connectivity index (χ0v) is 13.9. The Bertz CT molecular complexity index is 555. The van der Waals surface area contributed by atoms with Crippen LogP contribution in [0.25, 0.3) is 0 Å². The Morgan fingerprint density at radius 1 is 1.09 bits per heavy atom. The monoisotopic (exact) mass is 313 g/mol. The van der Waals surface area contributed by atoms with Crippen LogP contribution in [-0.4, -0.2) is 54.1 Å². The molecule has 2 unspecified atom stereocenters. The molecular weight excluding hydrogens is 286 g/mol. The van der Waals surface area contributed by atoms with Gasteiger partial charge in [-0.05, 0) is 50.6 Å². The number of amides is 2. The summed E-state index contributed by atoms with van der Waals surface area (Å²) in [5, 5.41) is 3.26. The molecule has 2 atom stereocenters. The van der Waals surface area contributed by atoms with Gasteiger partial charge in [0.05, 0.1) is 0 Å². The molecule has 4 heteroatoms. The summed E-state index contributed by atoms with van der Waals surface area (Å²) in [5.41, 5.74) is 1.41. The van der Waals surface area contributed by atoms with E-state index in [0.717, 1.165) is 32.4 Å². The highest BCUT2D eigenvalue weighted by Gasteiger charge is 2.37. The Morgan fingerprint density at radius 2 is 1.83 bits per heavy atom. The standard InChI is InChI=1S/C19H27N3O/c1-21-17-7-8-18(21)13-22(10-9-17)19(23)20-16-11-15(12-16)14-5-3-2-4-6-14/h2-6,15-18H,7-13H2,1H3,(H,20,23). The predicted octanol–water partition coefficient (Wildman–Crippen LogP) is 2.81. The second-order valence-corrected chi connectivity index (χ2v) is 7.51. The summed E-state index contributed by atoms with van der Waals surface area (Å²) in [6, 6.07) is 12.4. The molecule has 4 rings (SSSR count). The molecule has 3 fully saturated rings. The summed E-state index contributed by atoms with van der Waals surface area (Å²) in [6.45, 7) is 1.81. The van der Waals surface area contributed by atoms with Gasteiger partial charge in [0.15, 0.2) is 0 Å². The molecule has 2 bridgehead atoms. The van der Waals surface area contributed by atoms with E-state index >= 15 is 0 Å². The van der Waals surface area contributed by atoms with Crippen LogP contribution in [-0.2, 0) is 0 Å². The first-order chi connectivity index (χ1) is 11.2. The molecule has 3 aliphatic rings. The first-order valence-corrected chi connectivity index (χ1v) is 9.03. The number of hydrogen-bond acceptors (Lipinski definition) is 2. The number of carbonyl (C=O) groups is 1. The number of likely N-dealkylation sites (tertiary alicyclic amines) is 1. The summed E-state index contributed by atoms with van der Waals surface area (Å²) in [4.78, 5) is 17.1. The van der Waals surface area contributed by atoms with E-state index in [1.807, 2.05) is 0 Å². The van der Waals surface area contributed by atoms with Gasteiger partial charge in [-0.2, -0.15) is 0 Å². The van der Waals surface area contributed by atoms with Crippen molar-refractivity contribution in [3.05, 3.63) is 35.9 Å². The van der Waals surface area contributed by atoms with Gasteiger partial charge in [0, 0.05) is 31.2 Å². The SMILES string of the molecule is CN1C2CCC1CN(C(=O)NC1CC(c3ccccc3)C1)CC2. The van der Waals surface area contributed by atoms with Crippen molar-refractivity contribution < 1.29 is 4.79 Å². The van der Waals surface area contributed by atoms with Crippen LogP contribution in [0.3, 0.4) is 0 Å². The zero-order valence-electron chi connectivity index (χ0n) is 13.9. The maximum Gasteiger partial charge on any atom is 0.317 e. The number of fused-ring (bicyclic) bond motifs is 2. The average Bonchev–Trinajstić information content (AvgIpc) is 2.76. The number of urea groups is 1. The minimum absolute atomic E-state index is 0.155. The molecule has 2 heterocycles. The van der Waals surface area contributed by atoms with E-state index < -0.39 is 0 Å². The molecule has 1 aliphatic carbocycles. The van der Waals surface area contributed by atoms with E-state index in [4.69, 9.17) is 0 Å². The van der Waals surface area contributed by atoms with Crippen molar-refractivity contribution in [1.29, 1.82) is 0 Å².